The lowest BCUT2D eigenvalue weighted by molar-refractivity contribution is -0.137. The van der Waals surface area contributed by atoms with Gasteiger partial charge in [-0.15, -0.1) is 0 Å². The topological polar surface area (TPSA) is 40.5 Å². The van der Waals surface area contributed by atoms with Crippen LogP contribution in [0, 0.1) is 11.8 Å². The second kappa shape index (κ2) is 5.98. The van der Waals surface area contributed by atoms with E-state index in [1.165, 1.54) is 5.56 Å². The normalized spacial score (nSPS) is 32.0. The molecule has 1 aromatic carbocycles. The molecule has 1 saturated heterocycles. The van der Waals surface area contributed by atoms with Crippen LogP contribution in [0.2, 0.25) is 5.02 Å². The summed E-state index contributed by atoms with van der Waals surface area (Å²) in [6.45, 7) is 3.01. The number of nitrogens with zero attached hydrogens (tertiary/aromatic N) is 1. The number of aliphatic hydroxyl groups excluding tert-OH is 1. The second-order valence-corrected chi connectivity index (χ2v) is 6.90. The highest BCUT2D eigenvalue weighted by molar-refractivity contribution is 6.30. The van der Waals surface area contributed by atoms with Gasteiger partial charge in [0.05, 0.1) is 0 Å². The molecule has 0 bridgehead atoms. The van der Waals surface area contributed by atoms with Crippen LogP contribution in [0.5, 0.6) is 0 Å². The molecule has 0 spiro atoms. The number of hydrogen-bond acceptors (Lipinski definition) is 2. The fourth-order valence-corrected chi connectivity index (χ4v) is 3.52. The van der Waals surface area contributed by atoms with Crippen LogP contribution >= 0.6 is 11.6 Å². The number of aliphatic hydroxyl groups is 1. The number of halogens is 1. The molecule has 3 nitrogen and oxygen atoms in total. The van der Waals surface area contributed by atoms with Gasteiger partial charge >= 0.3 is 0 Å². The minimum absolute atomic E-state index is 0.117. The maximum Gasteiger partial charge on any atom is 0.226 e. The Balaban J connectivity index is 1.65. The summed E-state index contributed by atoms with van der Waals surface area (Å²) < 4.78 is 0. The van der Waals surface area contributed by atoms with Crippen molar-refractivity contribution in [3.8, 4) is 0 Å². The van der Waals surface area contributed by atoms with E-state index in [0.29, 0.717) is 18.5 Å². The number of likely N-dealkylation sites (tertiary alicyclic amines) is 1. The zero-order valence-electron chi connectivity index (χ0n) is 12.3. The molecule has 1 aliphatic heterocycles. The van der Waals surface area contributed by atoms with E-state index < -0.39 is 0 Å². The van der Waals surface area contributed by atoms with Crippen molar-refractivity contribution in [3.05, 3.63) is 34.9 Å². The molecule has 4 atom stereocenters. The van der Waals surface area contributed by atoms with E-state index in [4.69, 9.17) is 11.6 Å². The van der Waals surface area contributed by atoms with Crippen molar-refractivity contribution in [2.45, 2.75) is 38.1 Å². The molecule has 1 aliphatic carbocycles. The fraction of sp³-hybridized carbons (Fsp3) is 0.588. The van der Waals surface area contributed by atoms with Gasteiger partial charge in [-0.2, -0.15) is 0 Å². The number of rotatable bonds is 3. The van der Waals surface area contributed by atoms with E-state index in [1.54, 1.807) is 0 Å². The van der Waals surface area contributed by atoms with E-state index in [-0.39, 0.29) is 24.3 Å². The SMILES string of the molecule is CC1CCC(CO)CN1C(=O)C1CC1c1ccc(Cl)cc1. The molecule has 3 rings (SSSR count). The van der Waals surface area contributed by atoms with Gasteiger partial charge in [0, 0.05) is 30.1 Å². The molecule has 0 aromatic heterocycles. The number of benzene rings is 1. The molecule has 1 saturated carbocycles. The highest BCUT2D eigenvalue weighted by Gasteiger charge is 2.47. The molecule has 1 N–H and O–H groups in total. The maximum absolute atomic E-state index is 12.7. The van der Waals surface area contributed by atoms with Crippen LogP contribution in [-0.4, -0.2) is 35.1 Å². The van der Waals surface area contributed by atoms with Crippen molar-refractivity contribution in [1.82, 2.24) is 4.90 Å². The Labute approximate surface area is 130 Å². The molecule has 2 aliphatic rings. The third kappa shape index (κ3) is 3.09. The number of hydrogen-bond donors (Lipinski definition) is 1. The van der Waals surface area contributed by atoms with Crippen molar-refractivity contribution < 1.29 is 9.90 Å². The summed E-state index contributed by atoms with van der Waals surface area (Å²) in [5.74, 6) is 0.973. The van der Waals surface area contributed by atoms with Gasteiger partial charge in [-0.05, 0) is 55.7 Å². The van der Waals surface area contributed by atoms with E-state index in [2.05, 4.69) is 6.92 Å². The quantitative estimate of drug-likeness (QED) is 0.932. The summed E-state index contributed by atoms with van der Waals surface area (Å²) in [6.07, 6.45) is 2.95. The lowest BCUT2D eigenvalue weighted by Gasteiger charge is -2.37. The monoisotopic (exact) mass is 307 g/mol. The molecule has 2 fully saturated rings. The van der Waals surface area contributed by atoms with Crippen LogP contribution in [0.25, 0.3) is 0 Å². The largest absolute Gasteiger partial charge is 0.396 e. The number of carbonyl (C=O) groups excluding carboxylic acids is 1. The predicted octanol–water partition coefficient (Wildman–Crippen LogP) is 3.06. The van der Waals surface area contributed by atoms with Crippen molar-refractivity contribution in [2.24, 2.45) is 11.8 Å². The number of carbonyl (C=O) groups is 1. The van der Waals surface area contributed by atoms with E-state index in [0.717, 1.165) is 24.3 Å². The van der Waals surface area contributed by atoms with Crippen LogP contribution in [0.1, 0.15) is 37.7 Å². The predicted molar refractivity (Wildman–Crippen MR) is 83.3 cm³/mol. The summed E-state index contributed by atoms with van der Waals surface area (Å²) in [4.78, 5) is 14.7. The molecule has 114 valence electrons. The van der Waals surface area contributed by atoms with Crippen LogP contribution in [0.15, 0.2) is 24.3 Å². The van der Waals surface area contributed by atoms with Crippen molar-refractivity contribution in [3.63, 3.8) is 0 Å². The van der Waals surface area contributed by atoms with Gasteiger partial charge in [-0.1, -0.05) is 23.7 Å². The van der Waals surface area contributed by atoms with E-state index >= 15 is 0 Å². The third-order valence-electron chi connectivity index (χ3n) is 4.93. The lowest BCUT2D eigenvalue weighted by Crippen LogP contribution is -2.47. The van der Waals surface area contributed by atoms with Crippen LogP contribution in [-0.2, 0) is 4.79 Å². The zero-order chi connectivity index (χ0) is 15.0. The van der Waals surface area contributed by atoms with Gasteiger partial charge in [-0.25, -0.2) is 0 Å². The molecule has 0 radical (unpaired) electrons. The molecule has 1 heterocycles. The van der Waals surface area contributed by atoms with E-state index in [9.17, 15) is 9.90 Å². The van der Waals surface area contributed by atoms with Crippen molar-refractivity contribution in [2.75, 3.05) is 13.2 Å². The molecule has 4 unspecified atom stereocenters. The average molecular weight is 308 g/mol. The van der Waals surface area contributed by atoms with E-state index in [1.807, 2.05) is 29.2 Å². The molecular weight excluding hydrogens is 286 g/mol. The lowest BCUT2D eigenvalue weighted by atomic mass is 9.93. The van der Waals surface area contributed by atoms with Crippen molar-refractivity contribution >= 4 is 17.5 Å². The molecule has 1 amide bonds. The highest BCUT2D eigenvalue weighted by atomic mass is 35.5. The van der Waals surface area contributed by atoms with Gasteiger partial charge < -0.3 is 10.0 Å². The summed E-state index contributed by atoms with van der Waals surface area (Å²) in [7, 11) is 0. The van der Waals surface area contributed by atoms with Crippen LogP contribution < -0.4 is 0 Å². The van der Waals surface area contributed by atoms with Gasteiger partial charge in [-0.3, -0.25) is 4.79 Å². The Hall–Kier alpha value is -1.06. The Morgan fingerprint density at radius 3 is 2.71 bits per heavy atom. The molecule has 21 heavy (non-hydrogen) atoms. The fourth-order valence-electron chi connectivity index (χ4n) is 3.40. The summed E-state index contributed by atoms with van der Waals surface area (Å²) in [6, 6.07) is 8.13. The number of amides is 1. The average Bonchev–Trinajstić information content (AvgIpc) is 3.28. The third-order valence-corrected chi connectivity index (χ3v) is 5.18. The highest BCUT2D eigenvalue weighted by Crippen LogP contribution is 2.49. The second-order valence-electron chi connectivity index (χ2n) is 6.47. The Morgan fingerprint density at radius 1 is 1.33 bits per heavy atom. The van der Waals surface area contributed by atoms with Crippen molar-refractivity contribution in [1.29, 1.82) is 0 Å². The summed E-state index contributed by atoms with van der Waals surface area (Å²) in [5, 5.41) is 10.1. The van der Waals surface area contributed by atoms with Crippen LogP contribution in [0.4, 0.5) is 0 Å². The van der Waals surface area contributed by atoms with Gasteiger partial charge in [0.25, 0.3) is 0 Å². The van der Waals surface area contributed by atoms with Gasteiger partial charge in [0.15, 0.2) is 0 Å². The first-order chi connectivity index (χ1) is 10.1. The smallest absolute Gasteiger partial charge is 0.226 e. The standard InChI is InChI=1S/C17H22ClNO2/c1-11-2-3-12(10-20)9-19(11)17(21)16-8-15(16)13-4-6-14(18)7-5-13/h4-7,11-12,15-16,20H,2-3,8-10H2,1H3. The van der Waals surface area contributed by atoms with Gasteiger partial charge in [0.1, 0.15) is 0 Å². The number of piperidine rings is 1. The molecular formula is C17H22ClNO2. The Bertz CT molecular complexity index is 516. The molecule has 4 heteroatoms. The first-order valence-corrected chi connectivity index (χ1v) is 8.14. The summed E-state index contributed by atoms with van der Waals surface area (Å²) in [5.41, 5.74) is 1.21. The van der Waals surface area contributed by atoms with Gasteiger partial charge in [0.2, 0.25) is 5.91 Å². The summed E-state index contributed by atoms with van der Waals surface area (Å²) >= 11 is 5.91. The Morgan fingerprint density at radius 2 is 2.05 bits per heavy atom. The minimum atomic E-state index is 0.117. The zero-order valence-corrected chi connectivity index (χ0v) is 13.1. The van der Waals surface area contributed by atoms with Crippen LogP contribution in [0.3, 0.4) is 0 Å². The first kappa shape index (κ1) is 14.9. The first-order valence-electron chi connectivity index (χ1n) is 7.77. The maximum atomic E-state index is 12.7. The molecule has 1 aromatic rings. The minimum Gasteiger partial charge on any atom is -0.396 e. The Kier molecular flexibility index (Phi) is 4.23.